The van der Waals surface area contributed by atoms with Crippen LogP contribution in [0.4, 0.5) is 10.1 Å². The first-order chi connectivity index (χ1) is 12.0. The summed E-state index contributed by atoms with van der Waals surface area (Å²) in [4.78, 5) is 12.3. The maximum Gasteiger partial charge on any atom is 0.257 e. The molecule has 2 aromatic carbocycles. The summed E-state index contributed by atoms with van der Waals surface area (Å²) >= 11 is 8.25. The SMILES string of the molecule is CCCCOc1cccc(C(=O)NC(=S)Nc2ccc(Br)cc2F)c1. The lowest BCUT2D eigenvalue weighted by molar-refractivity contribution is 0.0977. The Morgan fingerprint density at radius 1 is 1.28 bits per heavy atom. The fourth-order valence-corrected chi connectivity index (χ4v) is 2.52. The Labute approximate surface area is 159 Å². The number of benzene rings is 2. The molecule has 4 nitrogen and oxygen atoms in total. The van der Waals surface area contributed by atoms with E-state index in [0.29, 0.717) is 22.4 Å². The van der Waals surface area contributed by atoms with Crippen LogP contribution in [0.5, 0.6) is 5.75 Å². The Hall–Kier alpha value is -1.99. The third-order valence-corrected chi connectivity index (χ3v) is 3.97. The number of carbonyl (C=O) groups excluding carboxylic acids is 1. The number of thiocarbonyl (C=S) groups is 1. The van der Waals surface area contributed by atoms with E-state index in [1.807, 2.05) is 0 Å². The van der Waals surface area contributed by atoms with Gasteiger partial charge in [-0.3, -0.25) is 10.1 Å². The molecule has 25 heavy (non-hydrogen) atoms. The average Bonchev–Trinajstić information content (AvgIpc) is 2.58. The molecule has 0 radical (unpaired) electrons. The van der Waals surface area contributed by atoms with Crippen LogP contribution in [0.2, 0.25) is 0 Å². The molecule has 0 aromatic heterocycles. The highest BCUT2D eigenvalue weighted by atomic mass is 79.9. The Kier molecular flexibility index (Phi) is 7.33. The van der Waals surface area contributed by atoms with Gasteiger partial charge in [-0.25, -0.2) is 4.39 Å². The van der Waals surface area contributed by atoms with E-state index in [2.05, 4.69) is 33.5 Å². The van der Waals surface area contributed by atoms with Crippen LogP contribution >= 0.6 is 28.1 Å². The highest BCUT2D eigenvalue weighted by molar-refractivity contribution is 9.10. The highest BCUT2D eigenvalue weighted by Gasteiger charge is 2.11. The molecule has 0 bridgehead atoms. The van der Waals surface area contributed by atoms with Crippen LogP contribution in [0.25, 0.3) is 0 Å². The third-order valence-electron chi connectivity index (χ3n) is 3.27. The molecule has 0 aliphatic heterocycles. The normalized spacial score (nSPS) is 10.2. The molecular formula is C18H18BrFN2O2S. The van der Waals surface area contributed by atoms with Gasteiger partial charge in [0.1, 0.15) is 11.6 Å². The van der Waals surface area contributed by atoms with Gasteiger partial charge in [0, 0.05) is 10.0 Å². The standard InChI is InChI=1S/C18H18BrFN2O2S/c1-2-3-9-24-14-6-4-5-12(10-14)17(23)22-18(25)21-16-8-7-13(19)11-15(16)20/h4-8,10-11H,2-3,9H2,1H3,(H2,21,22,23,25). The molecule has 0 saturated heterocycles. The van der Waals surface area contributed by atoms with Crippen LogP contribution in [-0.4, -0.2) is 17.6 Å². The Bertz CT molecular complexity index is 770. The van der Waals surface area contributed by atoms with Gasteiger partial charge >= 0.3 is 0 Å². The average molecular weight is 425 g/mol. The number of amides is 1. The monoisotopic (exact) mass is 424 g/mol. The Morgan fingerprint density at radius 3 is 2.80 bits per heavy atom. The largest absolute Gasteiger partial charge is 0.494 e. The van der Waals surface area contributed by atoms with Crippen molar-refractivity contribution < 1.29 is 13.9 Å². The van der Waals surface area contributed by atoms with E-state index in [9.17, 15) is 9.18 Å². The molecule has 0 heterocycles. The molecule has 0 saturated carbocycles. The van der Waals surface area contributed by atoms with Gasteiger partial charge in [-0.05, 0) is 55.0 Å². The van der Waals surface area contributed by atoms with Gasteiger partial charge in [0.15, 0.2) is 5.11 Å². The van der Waals surface area contributed by atoms with Gasteiger partial charge in [-0.2, -0.15) is 0 Å². The fraction of sp³-hybridized carbons (Fsp3) is 0.222. The van der Waals surface area contributed by atoms with Crippen molar-refractivity contribution in [1.82, 2.24) is 5.32 Å². The summed E-state index contributed by atoms with van der Waals surface area (Å²) < 4.78 is 20.0. The first-order valence-electron chi connectivity index (χ1n) is 7.80. The predicted molar refractivity (Wildman–Crippen MR) is 105 cm³/mol. The molecule has 7 heteroatoms. The second-order valence-corrected chi connectivity index (χ2v) is 6.59. The zero-order valence-corrected chi connectivity index (χ0v) is 16.0. The molecule has 2 aromatic rings. The first kappa shape index (κ1) is 19.3. The topological polar surface area (TPSA) is 50.4 Å². The number of unbranched alkanes of at least 4 members (excludes halogenated alkanes) is 1. The first-order valence-corrected chi connectivity index (χ1v) is 9.00. The third kappa shape index (κ3) is 6.10. The number of ether oxygens (including phenoxy) is 1. The quantitative estimate of drug-likeness (QED) is 0.511. The van der Waals surface area contributed by atoms with Gasteiger partial charge in [0.05, 0.1) is 12.3 Å². The van der Waals surface area contributed by atoms with E-state index < -0.39 is 11.7 Å². The Balaban J connectivity index is 1.96. The summed E-state index contributed by atoms with van der Waals surface area (Å²) in [7, 11) is 0. The van der Waals surface area contributed by atoms with Gasteiger partial charge in [-0.15, -0.1) is 0 Å². The van der Waals surface area contributed by atoms with Crippen molar-refractivity contribution >= 4 is 44.9 Å². The van der Waals surface area contributed by atoms with Gasteiger partial charge in [-0.1, -0.05) is 35.3 Å². The lowest BCUT2D eigenvalue weighted by atomic mass is 10.2. The fourth-order valence-electron chi connectivity index (χ4n) is 1.98. The molecule has 132 valence electrons. The minimum Gasteiger partial charge on any atom is -0.494 e. The zero-order valence-electron chi connectivity index (χ0n) is 13.6. The van der Waals surface area contributed by atoms with Crippen molar-refractivity contribution in [1.29, 1.82) is 0 Å². The number of anilines is 1. The maximum atomic E-state index is 13.8. The molecule has 1 amide bonds. The van der Waals surface area contributed by atoms with E-state index in [0.717, 1.165) is 12.8 Å². The molecule has 2 N–H and O–H groups in total. The number of nitrogens with one attached hydrogen (secondary N) is 2. The van der Waals surface area contributed by atoms with Crippen LogP contribution in [0.3, 0.4) is 0 Å². The Morgan fingerprint density at radius 2 is 2.08 bits per heavy atom. The number of hydrogen-bond donors (Lipinski definition) is 2. The number of hydrogen-bond acceptors (Lipinski definition) is 3. The molecule has 0 aliphatic carbocycles. The van der Waals surface area contributed by atoms with Crippen molar-refractivity contribution in [3.63, 3.8) is 0 Å². The van der Waals surface area contributed by atoms with Crippen molar-refractivity contribution in [2.75, 3.05) is 11.9 Å². The van der Waals surface area contributed by atoms with Gasteiger partial charge < -0.3 is 10.1 Å². The van der Waals surface area contributed by atoms with Crippen LogP contribution < -0.4 is 15.4 Å². The zero-order chi connectivity index (χ0) is 18.2. The van der Waals surface area contributed by atoms with Crippen molar-refractivity contribution in [2.24, 2.45) is 0 Å². The van der Waals surface area contributed by atoms with Crippen LogP contribution in [0.15, 0.2) is 46.9 Å². The van der Waals surface area contributed by atoms with Gasteiger partial charge in [0.2, 0.25) is 0 Å². The summed E-state index contributed by atoms with van der Waals surface area (Å²) in [5.41, 5.74) is 0.597. The highest BCUT2D eigenvalue weighted by Crippen LogP contribution is 2.19. The van der Waals surface area contributed by atoms with Crippen LogP contribution in [0, 0.1) is 5.82 Å². The maximum absolute atomic E-state index is 13.8. The smallest absolute Gasteiger partial charge is 0.257 e. The van der Waals surface area contributed by atoms with Crippen LogP contribution in [-0.2, 0) is 0 Å². The minimum atomic E-state index is -0.475. The minimum absolute atomic E-state index is 0.0172. The second kappa shape index (κ2) is 9.48. The van der Waals surface area contributed by atoms with E-state index >= 15 is 0 Å². The van der Waals surface area contributed by atoms with E-state index in [4.69, 9.17) is 17.0 Å². The van der Waals surface area contributed by atoms with Crippen molar-refractivity contribution in [2.45, 2.75) is 19.8 Å². The number of rotatable bonds is 6. The van der Waals surface area contributed by atoms with Crippen molar-refractivity contribution in [3.05, 3.63) is 58.3 Å². The molecule has 0 fully saturated rings. The second-order valence-electron chi connectivity index (χ2n) is 5.26. The number of carbonyl (C=O) groups is 1. The molecule has 0 spiro atoms. The molecular weight excluding hydrogens is 407 g/mol. The van der Waals surface area contributed by atoms with Crippen LogP contribution in [0.1, 0.15) is 30.1 Å². The lowest BCUT2D eigenvalue weighted by Crippen LogP contribution is -2.34. The summed E-state index contributed by atoms with van der Waals surface area (Å²) in [5.74, 6) is -0.243. The van der Waals surface area contributed by atoms with E-state index in [1.165, 1.54) is 12.1 Å². The van der Waals surface area contributed by atoms with Crippen molar-refractivity contribution in [3.8, 4) is 5.75 Å². The summed E-state index contributed by atoms with van der Waals surface area (Å²) in [6.07, 6.45) is 1.98. The number of halogens is 2. The van der Waals surface area contributed by atoms with E-state index in [-0.39, 0.29) is 10.8 Å². The summed E-state index contributed by atoms with van der Waals surface area (Å²) in [5, 5.41) is 5.21. The summed E-state index contributed by atoms with van der Waals surface area (Å²) in [6, 6.07) is 11.3. The molecule has 0 atom stereocenters. The summed E-state index contributed by atoms with van der Waals surface area (Å²) in [6.45, 7) is 2.68. The molecule has 2 rings (SSSR count). The predicted octanol–water partition coefficient (Wildman–Crippen LogP) is 4.89. The lowest BCUT2D eigenvalue weighted by Gasteiger charge is -2.11. The molecule has 0 unspecified atom stereocenters. The van der Waals surface area contributed by atoms with Gasteiger partial charge in [0.25, 0.3) is 5.91 Å². The van der Waals surface area contributed by atoms with E-state index in [1.54, 1.807) is 30.3 Å². The molecule has 0 aliphatic rings.